The van der Waals surface area contributed by atoms with Crippen LogP contribution in [0.3, 0.4) is 0 Å². The van der Waals surface area contributed by atoms with Crippen LogP contribution in [0.25, 0.3) is 15.3 Å². The lowest BCUT2D eigenvalue weighted by Gasteiger charge is -2.08. The summed E-state index contributed by atoms with van der Waals surface area (Å²) in [7, 11) is 1.60. The maximum atomic E-state index is 12.4. The van der Waals surface area contributed by atoms with Gasteiger partial charge in [-0.3, -0.25) is 14.9 Å². The number of carbonyl (C=O) groups excluding carboxylic acids is 1. The molecule has 1 N–H and O–H groups in total. The maximum absolute atomic E-state index is 12.4. The van der Waals surface area contributed by atoms with Crippen molar-refractivity contribution >= 4 is 39.0 Å². The van der Waals surface area contributed by atoms with Crippen LogP contribution in [-0.2, 0) is 4.79 Å². The zero-order valence-corrected chi connectivity index (χ0v) is 17.4. The van der Waals surface area contributed by atoms with E-state index in [2.05, 4.69) is 15.4 Å². The molecule has 0 atom stereocenters. The summed E-state index contributed by atoms with van der Waals surface area (Å²) in [5.41, 5.74) is 1.26. The zero-order chi connectivity index (χ0) is 22.0. The Hall–Kier alpha value is -3.99. The average molecular weight is 439 g/mol. The third-order valence-corrected chi connectivity index (χ3v) is 5.28. The molecular weight excluding hydrogens is 422 g/mol. The Morgan fingerprint density at radius 2 is 2.06 bits per heavy atom. The van der Waals surface area contributed by atoms with E-state index in [1.54, 1.807) is 26.2 Å². The number of nitro groups is 1. The molecule has 4 aromatic rings. The normalized spacial score (nSPS) is 10.8. The molecule has 0 fully saturated rings. The van der Waals surface area contributed by atoms with Gasteiger partial charge in [0.05, 0.1) is 27.9 Å². The van der Waals surface area contributed by atoms with Crippen molar-refractivity contribution in [3.05, 3.63) is 64.3 Å². The Kier molecular flexibility index (Phi) is 5.50. The number of anilines is 1. The maximum Gasteiger partial charge on any atom is 0.310 e. The molecule has 0 bridgehead atoms. The molecule has 158 valence electrons. The van der Waals surface area contributed by atoms with Crippen LogP contribution < -0.4 is 14.8 Å². The standard InChI is InChI=1S/C20H17N5O5S/c1-12-9-18(22-19(26)11-30-16-6-4-3-5-15(16)25(27)28)24(23-12)20-21-14-8-7-13(29-2)10-17(14)31-20/h3-10H,11H2,1-2H3,(H,22,26). The number of thiazole rings is 1. The highest BCUT2D eigenvalue weighted by atomic mass is 32.1. The summed E-state index contributed by atoms with van der Waals surface area (Å²) < 4.78 is 13.0. The first-order chi connectivity index (χ1) is 14.9. The number of fused-ring (bicyclic) bond motifs is 1. The Morgan fingerprint density at radius 1 is 1.26 bits per heavy atom. The molecule has 2 aromatic heterocycles. The van der Waals surface area contributed by atoms with Crippen molar-refractivity contribution < 1.29 is 19.2 Å². The predicted octanol–water partition coefficient (Wildman–Crippen LogP) is 3.72. The molecule has 1 amide bonds. The molecule has 0 aliphatic rings. The lowest BCUT2D eigenvalue weighted by Crippen LogP contribution is -2.22. The van der Waals surface area contributed by atoms with Crippen LogP contribution >= 0.6 is 11.3 Å². The van der Waals surface area contributed by atoms with E-state index < -0.39 is 17.4 Å². The van der Waals surface area contributed by atoms with E-state index in [-0.39, 0.29) is 11.4 Å². The molecule has 0 aliphatic heterocycles. The molecule has 2 heterocycles. The Balaban J connectivity index is 1.53. The molecule has 2 aromatic carbocycles. The van der Waals surface area contributed by atoms with Gasteiger partial charge in [-0.1, -0.05) is 23.5 Å². The van der Waals surface area contributed by atoms with E-state index in [0.29, 0.717) is 16.6 Å². The highest BCUT2D eigenvalue weighted by Crippen LogP contribution is 2.30. The number of hydrogen-bond acceptors (Lipinski definition) is 8. The fourth-order valence-corrected chi connectivity index (χ4v) is 3.86. The molecule has 0 saturated carbocycles. The van der Waals surface area contributed by atoms with Crippen LogP contribution in [0.5, 0.6) is 11.5 Å². The first kappa shape index (κ1) is 20.3. The van der Waals surface area contributed by atoms with Crippen LogP contribution in [0.4, 0.5) is 11.5 Å². The first-order valence-corrected chi connectivity index (χ1v) is 9.94. The summed E-state index contributed by atoms with van der Waals surface area (Å²) >= 11 is 1.40. The van der Waals surface area contributed by atoms with Crippen LogP contribution in [0.2, 0.25) is 0 Å². The van der Waals surface area contributed by atoms with Gasteiger partial charge in [-0.15, -0.1) is 0 Å². The van der Waals surface area contributed by atoms with Gasteiger partial charge in [0.1, 0.15) is 11.6 Å². The van der Waals surface area contributed by atoms with E-state index in [4.69, 9.17) is 9.47 Å². The lowest BCUT2D eigenvalue weighted by atomic mass is 10.3. The van der Waals surface area contributed by atoms with Gasteiger partial charge in [-0.2, -0.15) is 9.78 Å². The number of hydrogen-bond donors (Lipinski definition) is 1. The smallest absolute Gasteiger partial charge is 0.310 e. The fourth-order valence-electron chi connectivity index (χ4n) is 2.90. The van der Waals surface area contributed by atoms with Gasteiger partial charge in [0.2, 0.25) is 5.13 Å². The van der Waals surface area contributed by atoms with Crippen molar-refractivity contribution in [1.29, 1.82) is 0 Å². The van der Waals surface area contributed by atoms with Crippen LogP contribution in [0.15, 0.2) is 48.5 Å². The number of rotatable bonds is 7. The summed E-state index contributed by atoms with van der Waals surface area (Å²) in [5.74, 6) is 0.675. The fraction of sp³-hybridized carbons (Fsp3) is 0.150. The number of nitro benzene ring substituents is 1. The molecule has 0 spiro atoms. The quantitative estimate of drug-likeness (QED) is 0.344. The number of aryl methyl sites for hydroxylation is 1. The molecule has 4 rings (SSSR count). The lowest BCUT2D eigenvalue weighted by molar-refractivity contribution is -0.385. The number of amides is 1. The highest BCUT2D eigenvalue weighted by Gasteiger charge is 2.17. The van der Waals surface area contributed by atoms with Crippen molar-refractivity contribution in [1.82, 2.24) is 14.8 Å². The second kappa shape index (κ2) is 8.40. The minimum absolute atomic E-state index is 0.0208. The third-order valence-electron chi connectivity index (χ3n) is 4.29. The van der Waals surface area contributed by atoms with E-state index >= 15 is 0 Å². The molecule has 0 unspecified atom stereocenters. The van der Waals surface area contributed by atoms with E-state index in [1.165, 1.54) is 34.2 Å². The van der Waals surface area contributed by atoms with E-state index in [1.807, 2.05) is 18.2 Å². The van der Waals surface area contributed by atoms with Crippen LogP contribution in [0.1, 0.15) is 5.69 Å². The van der Waals surface area contributed by atoms with Gasteiger partial charge in [0.25, 0.3) is 5.91 Å². The summed E-state index contributed by atoms with van der Waals surface area (Å²) in [4.78, 5) is 27.5. The summed E-state index contributed by atoms with van der Waals surface area (Å²) in [6.07, 6.45) is 0. The third kappa shape index (κ3) is 4.31. The largest absolute Gasteiger partial charge is 0.497 e. The van der Waals surface area contributed by atoms with E-state index in [9.17, 15) is 14.9 Å². The number of nitrogens with zero attached hydrogens (tertiary/aromatic N) is 4. The molecule has 31 heavy (non-hydrogen) atoms. The minimum Gasteiger partial charge on any atom is -0.497 e. The van der Waals surface area contributed by atoms with Gasteiger partial charge < -0.3 is 14.8 Å². The molecule has 11 heteroatoms. The van der Waals surface area contributed by atoms with Crippen LogP contribution in [-0.4, -0.2) is 39.3 Å². The molecular formula is C20H17N5O5S. The van der Waals surface area contributed by atoms with Crippen molar-refractivity contribution in [2.75, 3.05) is 19.0 Å². The van der Waals surface area contributed by atoms with E-state index in [0.717, 1.165) is 16.0 Å². The van der Waals surface area contributed by atoms with Crippen molar-refractivity contribution in [2.45, 2.75) is 6.92 Å². The second-order valence-corrected chi connectivity index (χ2v) is 7.48. The summed E-state index contributed by atoms with van der Waals surface area (Å²) in [6.45, 7) is 1.40. The molecule has 0 saturated heterocycles. The van der Waals surface area contributed by atoms with Gasteiger partial charge in [0, 0.05) is 12.1 Å². The number of carbonyl (C=O) groups is 1. The molecule has 10 nitrogen and oxygen atoms in total. The summed E-state index contributed by atoms with van der Waals surface area (Å²) in [6, 6.07) is 13.1. The molecule has 0 radical (unpaired) electrons. The minimum atomic E-state index is -0.562. The number of benzene rings is 2. The number of aromatic nitrogens is 3. The number of ether oxygens (including phenoxy) is 2. The second-order valence-electron chi connectivity index (χ2n) is 6.47. The van der Waals surface area contributed by atoms with Gasteiger partial charge in [-0.05, 0) is 31.2 Å². The van der Waals surface area contributed by atoms with Crippen molar-refractivity contribution in [3.63, 3.8) is 0 Å². The van der Waals surface area contributed by atoms with Gasteiger partial charge in [-0.25, -0.2) is 4.98 Å². The highest BCUT2D eigenvalue weighted by molar-refractivity contribution is 7.20. The average Bonchev–Trinajstić information content (AvgIpc) is 3.34. The number of methoxy groups -OCH3 is 1. The topological polar surface area (TPSA) is 121 Å². The van der Waals surface area contributed by atoms with Crippen molar-refractivity contribution in [3.8, 4) is 16.6 Å². The van der Waals surface area contributed by atoms with Crippen LogP contribution in [0, 0.1) is 17.0 Å². The number of nitrogens with one attached hydrogen (secondary N) is 1. The zero-order valence-electron chi connectivity index (χ0n) is 16.6. The van der Waals surface area contributed by atoms with Crippen molar-refractivity contribution in [2.24, 2.45) is 0 Å². The van der Waals surface area contributed by atoms with Gasteiger partial charge in [0.15, 0.2) is 12.4 Å². The van der Waals surface area contributed by atoms with Gasteiger partial charge >= 0.3 is 5.69 Å². The molecule has 0 aliphatic carbocycles. The monoisotopic (exact) mass is 439 g/mol. The Bertz CT molecular complexity index is 1280. The predicted molar refractivity (Wildman–Crippen MR) is 115 cm³/mol. The first-order valence-electron chi connectivity index (χ1n) is 9.12. The SMILES string of the molecule is COc1ccc2nc(-n3nc(C)cc3NC(=O)COc3ccccc3[N+](=O)[O-])sc2c1. The number of para-hydroxylation sites is 2. The Labute approximate surface area is 180 Å². The summed E-state index contributed by atoms with van der Waals surface area (Å²) in [5, 5.41) is 18.8. The Morgan fingerprint density at radius 3 is 2.84 bits per heavy atom.